The van der Waals surface area contributed by atoms with Crippen molar-refractivity contribution >= 4 is 45.5 Å². The van der Waals surface area contributed by atoms with E-state index in [1.807, 2.05) is 39.8 Å². The third kappa shape index (κ3) is 7.83. The molecule has 1 amide bonds. The Labute approximate surface area is 326 Å². The van der Waals surface area contributed by atoms with Crippen LogP contribution in [0.15, 0.2) is 83.3 Å². The molecule has 1 aromatic heterocycles. The van der Waals surface area contributed by atoms with Crippen molar-refractivity contribution < 1.29 is 45.6 Å². The molecule has 11 nitrogen and oxygen atoms in total. The van der Waals surface area contributed by atoms with Gasteiger partial charge in [0.05, 0.1) is 35.7 Å². The molecule has 1 aliphatic carbocycles. The fourth-order valence-corrected chi connectivity index (χ4v) is 7.59. The summed E-state index contributed by atoms with van der Waals surface area (Å²) >= 11 is 0. The Balaban J connectivity index is 1.22. The van der Waals surface area contributed by atoms with E-state index in [2.05, 4.69) is 5.32 Å². The Hall–Kier alpha value is -5.02. The molecule has 2 fully saturated rings. The molecule has 1 N–H and O–H groups in total. The summed E-state index contributed by atoms with van der Waals surface area (Å²) in [4.78, 5) is 26.5. The number of carbonyl (C=O) groups excluding carboxylic acids is 2. The molecule has 2 aliphatic rings. The number of rotatable bonds is 12. The van der Waals surface area contributed by atoms with E-state index < -0.39 is 34.3 Å². The van der Waals surface area contributed by atoms with Crippen molar-refractivity contribution in [3.05, 3.63) is 112 Å². The summed E-state index contributed by atoms with van der Waals surface area (Å²) < 4.78 is 71.4. The van der Waals surface area contributed by atoms with Crippen LogP contribution in [0.25, 0.3) is 22.3 Å². The summed E-state index contributed by atoms with van der Waals surface area (Å²) in [5.41, 5.74) is 3.11. The van der Waals surface area contributed by atoms with Gasteiger partial charge >= 0.3 is 13.1 Å². The third-order valence-corrected chi connectivity index (χ3v) is 12.0. The molecule has 1 saturated heterocycles. The van der Waals surface area contributed by atoms with Gasteiger partial charge in [0, 0.05) is 31.1 Å². The Morgan fingerprint density at radius 3 is 2.11 bits per heavy atom. The molecule has 14 heteroatoms. The van der Waals surface area contributed by atoms with Gasteiger partial charge in [-0.15, -0.1) is 0 Å². The number of sulfonamides is 1. The first kappa shape index (κ1) is 39.2. The van der Waals surface area contributed by atoms with Gasteiger partial charge in [0.1, 0.15) is 28.7 Å². The van der Waals surface area contributed by atoms with Crippen LogP contribution in [0.3, 0.4) is 0 Å². The monoisotopic (exact) mass is 782 g/mol. The molecule has 1 saturated carbocycles. The largest absolute Gasteiger partial charge is 0.495 e. The molecule has 5 aromatic rings. The van der Waals surface area contributed by atoms with Crippen LogP contribution in [-0.4, -0.2) is 63.3 Å². The second-order valence-corrected chi connectivity index (χ2v) is 17.3. The van der Waals surface area contributed by atoms with Crippen LogP contribution in [-0.2, 0) is 37.2 Å². The number of carbonyl (C=O) groups is 2. The number of furan rings is 1. The molecule has 0 spiro atoms. The Morgan fingerprint density at radius 1 is 0.911 bits per heavy atom. The molecule has 0 radical (unpaired) electrons. The van der Waals surface area contributed by atoms with E-state index in [-0.39, 0.29) is 36.3 Å². The van der Waals surface area contributed by atoms with Crippen molar-refractivity contribution in [1.82, 2.24) is 9.62 Å². The molecule has 56 heavy (non-hydrogen) atoms. The van der Waals surface area contributed by atoms with E-state index in [9.17, 15) is 22.4 Å². The van der Waals surface area contributed by atoms with Gasteiger partial charge in [0.2, 0.25) is 10.0 Å². The minimum atomic E-state index is -3.78. The summed E-state index contributed by atoms with van der Waals surface area (Å²) in [7, 11) is -1.77. The second kappa shape index (κ2) is 14.8. The molecule has 0 atom stereocenters. The first-order valence-electron chi connectivity index (χ1n) is 18.3. The zero-order valence-electron chi connectivity index (χ0n) is 32.4. The predicted molar refractivity (Wildman–Crippen MR) is 211 cm³/mol. The van der Waals surface area contributed by atoms with Crippen LogP contribution in [0.5, 0.6) is 11.5 Å². The highest BCUT2D eigenvalue weighted by molar-refractivity contribution is 7.88. The third-order valence-electron chi connectivity index (χ3n) is 10.8. The maximum Gasteiger partial charge on any atom is 0.495 e. The van der Waals surface area contributed by atoms with Gasteiger partial charge in [0.25, 0.3) is 5.91 Å². The first-order valence-corrected chi connectivity index (χ1v) is 20.2. The highest BCUT2D eigenvalue weighted by atomic mass is 32.2. The molecule has 292 valence electrons. The lowest BCUT2D eigenvalue weighted by molar-refractivity contribution is 0.00578. The van der Waals surface area contributed by atoms with E-state index in [0.717, 1.165) is 30.2 Å². The average molecular weight is 783 g/mol. The van der Waals surface area contributed by atoms with Crippen LogP contribution in [0.1, 0.15) is 83.9 Å². The highest BCUT2D eigenvalue weighted by Gasteiger charge is 2.52. The smallest absolute Gasteiger partial charge is 0.465 e. The van der Waals surface area contributed by atoms with E-state index in [1.165, 1.54) is 35.7 Å². The number of esters is 1. The molecule has 1 aliphatic heterocycles. The summed E-state index contributed by atoms with van der Waals surface area (Å²) in [5, 5.41) is 3.35. The standard InChI is InChI=1S/C42H44BFN2O9S/c1-41(2)42(3,4)55-43(54-41)35-19-8-25(20-33(35)40(48)51-6)23-46(56(7,49)50)24-28-21-36-34(22-32(28)26-9-10-26)37(39(47)45-5)38(53-36)27-11-15-30(16-12-27)52-31-17-13-29(44)14-18-31/h8,11-22,26H,9-10,23-24H2,1-7H3,(H,45,47). The quantitative estimate of drug-likeness (QED) is 0.102. The van der Waals surface area contributed by atoms with E-state index in [4.69, 9.17) is 23.2 Å². The van der Waals surface area contributed by atoms with Gasteiger partial charge in [-0.25, -0.2) is 17.6 Å². The van der Waals surface area contributed by atoms with Crippen LogP contribution in [0, 0.1) is 5.82 Å². The van der Waals surface area contributed by atoms with Gasteiger partial charge in [-0.05, 0) is 135 Å². The van der Waals surface area contributed by atoms with Crippen molar-refractivity contribution in [3.8, 4) is 22.8 Å². The summed E-state index contributed by atoms with van der Waals surface area (Å²) in [5.74, 6) is 0.236. The fourth-order valence-electron chi connectivity index (χ4n) is 6.83. The molecule has 0 bridgehead atoms. The molecule has 2 heterocycles. The van der Waals surface area contributed by atoms with E-state index in [0.29, 0.717) is 50.4 Å². The SMILES string of the molecule is CNC(=O)c1c(-c2ccc(Oc3ccc(F)cc3)cc2)oc2cc(CN(Cc3ccc(B4OC(C)(C)C(C)(C)O4)c(C(=O)OC)c3)S(C)(=O)=O)c(C3CC3)cc12. The second-order valence-electron chi connectivity index (χ2n) is 15.3. The maximum atomic E-state index is 13.4. The minimum Gasteiger partial charge on any atom is -0.465 e. The number of amides is 1. The van der Waals surface area contributed by atoms with Gasteiger partial charge < -0.3 is 28.5 Å². The number of hydrogen-bond acceptors (Lipinski definition) is 9. The van der Waals surface area contributed by atoms with Crippen molar-refractivity contribution in [2.45, 2.75) is 70.7 Å². The number of fused-ring (bicyclic) bond motifs is 1. The van der Waals surface area contributed by atoms with Crippen LogP contribution in [0.4, 0.5) is 4.39 Å². The number of methoxy groups -OCH3 is 1. The van der Waals surface area contributed by atoms with Crippen molar-refractivity contribution in [2.75, 3.05) is 20.4 Å². The lowest BCUT2D eigenvalue weighted by Gasteiger charge is -2.32. The van der Waals surface area contributed by atoms with Gasteiger partial charge in [0.15, 0.2) is 0 Å². The molecule has 7 rings (SSSR count). The number of benzene rings is 4. The first-order chi connectivity index (χ1) is 26.5. The van der Waals surface area contributed by atoms with Gasteiger partial charge in [-0.1, -0.05) is 12.1 Å². The zero-order valence-corrected chi connectivity index (χ0v) is 33.2. The van der Waals surface area contributed by atoms with Crippen LogP contribution < -0.4 is 15.5 Å². The lowest BCUT2D eigenvalue weighted by Crippen LogP contribution is -2.41. The van der Waals surface area contributed by atoms with Crippen molar-refractivity contribution in [2.24, 2.45) is 0 Å². The molecule has 4 aromatic carbocycles. The highest BCUT2D eigenvalue weighted by Crippen LogP contribution is 2.45. The lowest BCUT2D eigenvalue weighted by atomic mass is 9.75. The average Bonchev–Trinajstić information content (AvgIpc) is 3.89. The minimum absolute atomic E-state index is 0.0217. The van der Waals surface area contributed by atoms with Crippen LogP contribution in [0.2, 0.25) is 0 Å². The zero-order chi connectivity index (χ0) is 40.2. The Morgan fingerprint density at radius 2 is 1.54 bits per heavy atom. The summed E-state index contributed by atoms with van der Waals surface area (Å²) in [6, 6.07) is 21.6. The van der Waals surface area contributed by atoms with Gasteiger partial charge in [-0.3, -0.25) is 4.79 Å². The summed E-state index contributed by atoms with van der Waals surface area (Å²) in [6.07, 6.45) is 3.01. The normalized spacial score (nSPS) is 16.3. The van der Waals surface area contributed by atoms with E-state index in [1.54, 1.807) is 49.5 Å². The maximum absolute atomic E-state index is 13.4. The number of nitrogens with one attached hydrogen (secondary N) is 1. The number of hydrogen-bond donors (Lipinski definition) is 1. The van der Waals surface area contributed by atoms with E-state index >= 15 is 0 Å². The predicted octanol–water partition coefficient (Wildman–Crippen LogP) is 7.32. The van der Waals surface area contributed by atoms with Gasteiger partial charge in [-0.2, -0.15) is 4.31 Å². The number of halogens is 1. The molecule has 0 unspecified atom stereocenters. The molecular weight excluding hydrogens is 738 g/mol. The van der Waals surface area contributed by atoms with Crippen LogP contribution >= 0.6 is 0 Å². The Bertz CT molecular complexity index is 2410. The van der Waals surface area contributed by atoms with Crippen molar-refractivity contribution in [3.63, 3.8) is 0 Å². The number of nitrogens with zero attached hydrogens (tertiary/aromatic N) is 1. The summed E-state index contributed by atoms with van der Waals surface area (Å²) in [6.45, 7) is 7.67. The fraction of sp³-hybridized carbons (Fsp3) is 0.333. The number of ether oxygens (including phenoxy) is 2. The molecular formula is C42H44BFN2O9S. The Kier molecular flexibility index (Phi) is 10.4. The topological polar surface area (TPSA) is 134 Å². The van der Waals surface area contributed by atoms with Crippen molar-refractivity contribution in [1.29, 1.82) is 0 Å².